The zero-order valence-electron chi connectivity index (χ0n) is 11.7. The molecule has 0 bridgehead atoms. The molecule has 0 fully saturated rings. The summed E-state index contributed by atoms with van der Waals surface area (Å²) in [7, 11) is 0. The highest BCUT2D eigenvalue weighted by Gasteiger charge is 2.18. The van der Waals surface area contributed by atoms with Gasteiger partial charge in [-0.2, -0.15) is 0 Å². The predicted octanol–water partition coefficient (Wildman–Crippen LogP) is 1.91. The fourth-order valence-electron chi connectivity index (χ4n) is 2.93. The molecule has 1 aliphatic rings. The van der Waals surface area contributed by atoms with Crippen LogP contribution in [-0.4, -0.2) is 21.1 Å². The van der Waals surface area contributed by atoms with E-state index in [9.17, 15) is 0 Å². The maximum absolute atomic E-state index is 5.91. The maximum Gasteiger partial charge on any atom is 0.130 e. The van der Waals surface area contributed by atoms with E-state index in [-0.39, 0.29) is 0 Å². The van der Waals surface area contributed by atoms with E-state index in [0.717, 1.165) is 47.7 Å². The van der Waals surface area contributed by atoms with Gasteiger partial charge in [-0.15, -0.1) is 0 Å². The minimum Gasteiger partial charge on any atom is -0.347 e. The number of imidazole rings is 1. The van der Waals surface area contributed by atoms with E-state index in [0.29, 0.717) is 6.54 Å². The normalized spacial score (nSPS) is 14.4. The third-order valence-electron chi connectivity index (χ3n) is 4.08. The van der Waals surface area contributed by atoms with Gasteiger partial charge in [0.25, 0.3) is 0 Å². The Kier molecular flexibility index (Phi) is 2.86. The average Bonchev–Trinajstić information content (AvgIpc) is 3.01. The van der Waals surface area contributed by atoms with Crippen molar-refractivity contribution in [2.45, 2.75) is 19.6 Å². The van der Waals surface area contributed by atoms with Crippen LogP contribution >= 0.6 is 0 Å². The van der Waals surface area contributed by atoms with E-state index >= 15 is 0 Å². The molecule has 0 radical (unpaired) electrons. The molecule has 0 saturated carbocycles. The van der Waals surface area contributed by atoms with Gasteiger partial charge in [-0.3, -0.25) is 0 Å². The number of anilines is 1. The van der Waals surface area contributed by atoms with E-state index < -0.39 is 0 Å². The predicted molar refractivity (Wildman–Crippen MR) is 82.9 cm³/mol. The number of benzene rings is 1. The minimum absolute atomic E-state index is 0.526. The van der Waals surface area contributed by atoms with Gasteiger partial charge in [0.05, 0.1) is 12.1 Å². The van der Waals surface area contributed by atoms with Crippen molar-refractivity contribution < 1.29 is 0 Å². The molecule has 1 aliphatic heterocycles. The van der Waals surface area contributed by atoms with Crippen LogP contribution in [-0.2, 0) is 19.6 Å². The van der Waals surface area contributed by atoms with Crippen molar-refractivity contribution in [1.82, 2.24) is 14.5 Å². The van der Waals surface area contributed by atoms with Crippen LogP contribution in [0.1, 0.15) is 11.4 Å². The van der Waals surface area contributed by atoms with Crippen molar-refractivity contribution in [3.63, 3.8) is 0 Å². The van der Waals surface area contributed by atoms with Gasteiger partial charge in [0, 0.05) is 37.4 Å². The Bertz CT molecular complexity index is 792. The lowest BCUT2D eigenvalue weighted by atomic mass is 10.1. The van der Waals surface area contributed by atoms with Crippen molar-refractivity contribution in [3.8, 4) is 0 Å². The van der Waals surface area contributed by atoms with Crippen molar-refractivity contribution in [2.24, 2.45) is 5.73 Å². The number of pyridine rings is 1. The molecule has 3 heterocycles. The number of nitrogens with zero attached hydrogens (tertiary/aromatic N) is 4. The second kappa shape index (κ2) is 4.86. The molecule has 0 unspecified atom stereocenters. The lowest BCUT2D eigenvalue weighted by Gasteiger charge is -2.29. The number of hydrogen-bond donors (Lipinski definition) is 1. The third-order valence-corrected chi connectivity index (χ3v) is 4.08. The molecule has 0 saturated heterocycles. The summed E-state index contributed by atoms with van der Waals surface area (Å²) in [5.41, 5.74) is 8.06. The molecule has 0 spiro atoms. The Morgan fingerprint density at radius 1 is 1.19 bits per heavy atom. The SMILES string of the molecule is NCc1cc(N2CCn3ccnc3C2)nc2ccccc12. The van der Waals surface area contributed by atoms with Crippen LogP contribution in [0.2, 0.25) is 0 Å². The Morgan fingerprint density at radius 3 is 3.00 bits per heavy atom. The summed E-state index contributed by atoms with van der Waals surface area (Å²) in [6.07, 6.45) is 3.89. The molecule has 5 nitrogen and oxygen atoms in total. The first-order chi connectivity index (χ1) is 10.3. The molecule has 3 aromatic rings. The molecule has 2 N–H and O–H groups in total. The fraction of sp³-hybridized carbons (Fsp3) is 0.250. The fourth-order valence-corrected chi connectivity index (χ4v) is 2.93. The van der Waals surface area contributed by atoms with E-state index in [1.165, 1.54) is 0 Å². The molecule has 1 aromatic carbocycles. The van der Waals surface area contributed by atoms with Crippen LogP contribution in [0.15, 0.2) is 42.7 Å². The Morgan fingerprint density at radius 2 is 2.10 bits per heavy atom. The van der Waals surface area contributed by atoms with E-state index in [1.54, 1.807) is 0 Å². The summed E-state index contributed by atoms with van der Waals surface area (Å²) in [4.78, 5) is 11.5. The Labute approximate surface area is 123 Å². The van der Waals surface area contributed by atoms with Gasteiger partial charge < -0.3 is 15.2 Å². The van der Waals surface area contributed by atoms with Crippen molar-refractivity contribution >= 4 is 16.7 Å². The largest absolute Gasteiger partial charge is 0.347 e. The number of fused-ring (bicyclic) bond motifs is 2. The number of hydrogen-bond acceptors (Lipinski definition) is 4. The van der Waals surface area contributed by atoms with Crippen LogP contribution < -0.4 is 10.6 Å². The molecule has 0 amide bonds. The average molecular weight is 279 g/mol. The summed E-state index contributed by atoms with van der Waals surface area (Å²) >= 11 is 0. The molecule has 21 heavy (non-hydrogen) atoms. The molecule has 106 valence electrons. The first kappa shape index (κ1) is 12.3. The molecule has 0 atom stereocenters. The summed E-state index contributed by atoms with van der Waals surface area (Å²) < 4.78 is 2.20. The standard InChI is InChI=1S/C16H17N5/c17-10-12-9-15(19-14-4-2-1-3-13(12)14)21-8-7-20-6-5-18-16(20)11-21/h1-6,9H,7-8,10-11,17H2. The zero-order chi connectivity index (χ0) is 14.2. The number of aromatic nitrogens is 3. The van der Waals surface area contributed by atoms with Gasteiger partial charge in [0.2, 0.25) is 0 Å². The van der Waals surface area contributed by atoms with Crippen LogP contribution in [0.3, 0.4) is 0 Å². The maximum atomic E-state index is 5.91. The Balaban J connectivity index is 1.77. The number of para-hydroxylation sites is 1. The smallest absolute Gasteiger partial charge is 0.130 e. The second-order valence-corrected chi connectivity index (χ2v) is 5.32. The summed E-state index contributed by atoms with van der Waals surface area (Å²) in [5, 5.41) is 1.14. The lowest BCUT2D eigenvalue weighted by Crippen LogP contribution is -2.34. The van der Waals surface area contributed by atoms with Crippen molar-refractivity contribution in [2.75, 3.05) is 11.4 Å². The lowest BCUT2D eigenvalue weighted by molar-refractivity contribution is 0.556. The minimum atomic E-state index is 0.526. The first-order valence-corrected chi connectivity index (χ1v) is 7.19. The van der Waals surface area contributed by atoms with Gasteiger partial charge in [0.1, 0.15) is 11.6 Å². The van der Waals surface area contributed by atoms with E-state index in [4.69, 9.17) is 10.7 Å². The van der Waals surface area contributed by atoms with Gasteiger partial charge in [-0.05, 0) is 17.7 Å². The van der Waals surface area contributed by atoms with Gasteiger partial charge >= 0.3 is 0 Å². The number of rotatable bonds is 2. The molecule has 4 rings (SSSR count). The van der Waals surface area contributed by atoms with Crippen molar-refractivity contribution in [3.05, 3.63) is 54.1 Å². The van der Waals surface area contributed by atoms with Crippen LogP contribution in [0.5, 0.6) is 0 Å². The van der Waals surface area contributed by atoms with E-state index in [1.807, 2.05) is 30.6 Å². The highest BCUT2D eigenvalue weighted by molar-refractivity contribution is 5.84. The number of nitrogens with two attached hydrogens (primary N) is 1. The van der Waals surface area contributed by atoms with Gasteiger partial charge in [0.15, 0.2) is 0 Å². The second-order valence-electron chi connectivity index (χ2n) is 5.32. The summed E-state index contributed by atoms with van der Waals surface area (Å²) in [5.74, 6) is 2.08. The van der Waals surface area contributed by atoms with Crippen molar-refractivity contribution in [1.29, 1.82) is 0 Å². The Hall–Kier alpha value is -2.40. The van der Waals surface area contributed by atoms with Gasteiger partial charge in [-0.1, -0.05) is 18.2 Å². The molecular formula is C16H17N5. The molecule has 2 aromatic heterocycles. The monoisotopic (exact) mass is 279 g/mol. The van der Waals surface area contributed by atoms with Gasteiger partial charge in [-0.25, -0.2) is 9.97 Å². The quantitative estimate of drug-likeness (QED) is 0.778. The highest BCUT2D eigenvalue weighted by atomic mass is 15.3. The first-order valence-electron chi connectivity index (χ1n) is 7.19. The summed E-state index contributed by atoms with van der Waals surface area (Å²) in [6.45, 7) is 3.21. The van der Waals surface area contributed by atoms with Crippen LogP contribution in [0.25, 0.3) is 10.9 Å². The molecule has 0 aliphatic carbocycles. The van der Waals surface area contributed by atoms with E-state index in [2.05, 4.69) is 26.6 Å². The third kappa shape index (κ3) is 2.06. The molecule has 5 heteroatoms. The zero-order valence-corrected chi connectivity index (χ0v) is 11.7. The highest BCUT2D eigenvalue weighted by Crippen LogP contribution is 2.25. The summed E-state index contributed by atoms with van der Waals surface area (Å²) in [6, 6.07) is 10.3. The topological polar surface area (TPSA) is 60.0 Å². The van der Waals surface area contributed by atoms with Crippen LogP contribution in [0.4, 0.5) is 5.82 Å². The van der Waals surface area contributed by atoms with Crippen LogP contribution in [0, 0.1) is 0 Å². The molecular weight excluding hydrogens is 262 g/mol.